The van der Waals surface area contributed by atoms with Crippen molar-refractivity contribution in [1.29, 1.82) is 0 Å². The Morgan fingerprint density at radius 2 is 1.82 bits per heavy atom. The Hall–Kier alpha value is -2.73. The van der Waals surface area contributed by atoms with Gasteiger partial charge in [-0.05, 0) is 43.7 Å². The van der Waals surface area contributed by atoms with Crippen LogP contribution < -0.4 is 0 Å². The summed E-state index contributed by atoms with van der Waals surface area (Å²) in [4.78, 5) is 32.5. The number of hydrogen-bond acceptors (Lipinski definition) is 3. The number of benzene rings is 1. The summed E-state index contributed by atoms with van der Waals surface area (Å²) in [5.74, 6) is 0.246. The number of rotatable bonds is 3. The van der Waals surface area contributed by atoms with E-state index in [2.05, 4.69) is 4.98 Å². The van der Waals surface area contributed by atoms with E-state index in [4.69, 9.17) is 16.0 Å². The molecule has 6 nitrogen and oxygen atoms in total. The van der Waals surface area contributed by atoms with Gasteiger partial charge in [0.05, 0.1) is 11.7 Å². The Morgan fingerprint density at radius 1 is 1.11 bits per heavy atom. The number of aromatic amines is 1. The molecule has 4 rings (SSSR count). The first-order chi connectivity index (χ1) is 13.4. The summed E-state index contributed by atoms with van der Waals surface area (Å²) < 4.78 is 5.19. The van der Waals surface area contributed by atoms with Gasteiger partial charge in [-0.15, -0.1) is 0 Å². The fourth-order valence-corrected chi connectivity index (χ4v) is 3.97. The second-order valence-electron chi connectivity index (χ2n) is 7.58. The van der Waals surface area contributed by atoms with Crippen LogP contribution in [-0.4, -0.2) is 52.8 Å². The molecule has 1 N–H and O–H groups in total. The number of amides is 2. The van der Waals surface area contributed by atoms with Gasteiger partial charge < -0.3 is 19.2 Å². The lowest BCUT2D eigenvalue weighted by Crippen LogP contribution is -2.54. The highest BCUT2D eigenvalue weighted by Crippen LogP contribution is 2.33. The first-order valence-electron chi connectivity index (χ1n) is 9.27. The van der Waals surface area contributed by atoms with Crippen molar-refractivity contribution in [2.24, 2.45) is 0 Å². The SMILES string of the molecule is CC(C)(C(=O)N1CCN(C(=O)c2ccco2)CC1)c1c[nH]c2cc(Cl)ccc12. The van der Waals surface area contributed by atoms with E-state index in [1.807, 2.05) is 43.1 Å². The van der Waals surface area contributed by atoms with E-state index >= 15 is 0 Å². The van der Waals surface area contributed by atoms with Crippen molar-refractivity contribution in [3.8, 4) is 0 Å². The van der Waals surface area contributed by atoms with Gasteiger partial charge in [0.2, 0.25) is 5.91 Å². The number of nitrogens with zero attached hydrogens (tertiary/aromatic N) is 2. The minimum Gasteiger partial charge on any atom is -0.459 e. The van der Waals surface area contributed by atoms with Crippen LogP contribution >= 0.6 is 11.6 Å². The topological polar surface area (TPSA) is 69.6 Å². The highest BCUT2D eigenvalue weighted by molar-refractivity contribution is 6.31. The Labute approximate surface area is 168 Å². The van der Waals surface area contributed by atoms with Crippen LogP contribution in [0, 0.1) is 0 Å². The molecule has 2 amide bonds. The van der Waals surface area contributed by atoms with Gasteiger partial charge in [-0.25, -0.2) is 0 Å². The van der Waals surface area contributed by atoms with E-state index in [0.29, 0.717) is 37.0 Å². The monoisotopic (exact) mass is 399 g/mol. The molecule has 146 valence electrons. The van der Waals surface area contributed by atoms with Gasteiger partial charge in [-0.3, -0.25) is 9.59 Å². The number of fused-ring (bicyclic) bond motifs is 1. The van der Waals surface area contributed by atoms with Crippen molar-refractivity contribution >= 4 is 34.3 Å². The second kappa shape index (κ2) is 7.02. The van der Waals surface area contributed by atoms with E-state index in [-0.39, 0.29) is 11.8 Å². The van der Waals surface area contributed by atoms with E-state index in [0.717, 1.165) is 16.5 Å². The summed E-state index contributed by atoms with van der Waals surface area (Å²) in [5.41, 5.74) is 1.16. The zero-order chi connectivity index (χ0) is 19.9. The molecule has 1 aliphatic heterocycles. The molecule has 0 atom stereocenters. The lowest BCUT2D eigenvalue weighted by Gasteiger charge is -2.38. The number of H-pyrrole nitrogens is 1. The van der Waals surface area contributed by atoms with E-state index in [1.165, 1.54) is 6.26 Å². The highest BCUT2D eigenvalue weighted by Gasteiger charge is 2.37. The van der Waals surface area contributed by atoms with Gasteiger partial charge in [0.25, 0.3) is 5.91 Å². The third-order valence-corrected chi connectivity index (χ3v) is 5.67. The molecule has 3 heterocycles. The van der Waals surface area contributed by atoms with Crippen molar-refractivity contribution in [3.05, 3.63) is 59.1 Å². The molecular weight excluding hydrogens is 378 g/mol. The van der Waals surface area contributed by atoms with E-state index in [1.54, 1.807) is 17.0 Å². The number of halogens is 1. The molecule has 1 saturated heterocycles. The van der Waals surface area contributed by atoms with Crippen LogP contribution in [0.25, 0.3) is 10.9 Å². The van der Waals surface area contributed by atoms with Crippen LogP contribution in [0.1, 0.15) is 30.0 Å². The zero-order valence-corrected chi connectivity index (χ0v) is 16.6. The molecular formula is C21H22ClN3O3. The summed E-state index contributed by atoms with van der Waals surface area (Å²) in [6.07, 6.45) is 3.37. The van der Waals surface area contributed by atoms with Crippen LogP contribution in [0.3, 0.4) is 0 Å². The van der Waals surface area contributed by atoms with E-state index in [9.17, 15) is 9.59 Å². The normalized spacial score (nSPS) is 15.2. The van der Waals surface area contributed by atoms with Crippen LogP contribution in [0.5, 0.6) is 0 Å². The first kappa shape index (κ1) is 18.6. The average Bonchev–Trinajstić information content (AvgIpc) is 3.36. The molecule has 28 heavy (non-hydrogen) atoms. The summed E-state index contributed by atoms with van der Waals surface area (Å²) in [7, 11) is 0. The number of carbonyl (C=O) groups excluding carboxylic acids is 2. The van der Waals surface area contributed by atoms with Gasteiger partial charge >= 0.3 is 0 Å². The minimum absolute atomic E-state index is 0.0495. The molecule has 0 saturated carbocycles. The molecule has 0 bridgehead atoms. The molecule has 0 spiro atoms. The maximum absolute atomic E-state index is 13.3. The summed E-state index contributed by atoms with van der Waals surface area (Å²) in [6.45, 7) is 5.86. The maximum atomic E-state index is 13.3. The van der Waals surface area contributed by atoms with Crippen LogP contribution in [0.2, 0.25) is 5.02 Å². The van der Waals surface area contributed by atoms with Crippen molar-refractivity contribution in [2.75, 3.05) is 26.2 Å². The first-order valence-corrected chi connectivity index (χ1v) is 9.65. The number of piperazine rings is 1. The van der Waals surface area contributed by atoms with Gasteiger partial charge in [0.15, 0.2) is 5.76 Å². The molecule has 1 aliphatic rings. The predicted octanol–water partition coefficient (Wildman–Crippen LogP) is 3.68. The van der Waals surface area contributed by atoms with E-state index < -0.39 is 5.41 Å². The average molecular weight is 400 g/mol. The van der Waals surface area contributed by atoms with Gasteiger partial charge in [-0.1, -0.05) is 17.7 Å². The standard InChI is InChI=1S/C21H22ClN3O3/c1-21(2,16-13-23-17-12-14(22)5-6-15(16)17)20(27)25-9-7-24(8-10-25)19(26)18-4-3-11-28-18/h3-6,11-13,23H,7-10H2,1-2H3. The third-order valence-electron chi connectivity index (χ3n) is 5.44. The van der Waals surface area contributed by atoms with Gasteiger partial charge in [-0.2, -0.15) is 0 Å². The Bertz CT molecular complexity index is 1010. The fourth-order valence-electron chi connectivity index (χ4n) is 3.79. The molecule has 0 radical (unpaired) electrons. The Morgan fingerprint density at radius 3 is 2.50 bits per heavy atom. The number of aromatic nitrogens is 1. The van der Waals surface area contributed by atoms with Crippen molar-refractivity contribution in [1.82, 2.24) is 14.8 Å². The van der Waals surface area contributed by atoms with Crippen molar-refractivity contribution in [2.45, 2.75) is 19.3 Å². The molecule has 0 aliphatic carbocycles. The molecule has 3 aromatic rings. The summed E-state index contributed by atoms with van der Waals surface area (Å²) >= 11 is 6.07. The van der Waals surface area contributed by atoms with Crippen molar-refractivity contribution < 1.29 is 14.0 Å². The van der Waals surface area contributed by atoms with Crippen molar-refractivity contribution in [3.63, 3.8) is 0 Å². The lowest BCUT2D eigenvalue weighted by molar-refractivity contribution is -0.137. The van der Waals surface area contributed by atoms with Crippen LogP contribution in [-0.2, 0) is 10.2 Å². The third kappa shape index (κ3) is 3.18. The molecule has 1 fully saturated rings. The van der Waals surface area contributed by atoms with Crippen LogP contribution in [0.15, 0.2) is 47.2 Å². The van der Waals surface area contributed by atoms with Gasteiger partial charge in [0, 0.05) is 48.3 Å². The highest BCUT2D eigenvalue weighted by atomic mass is 35.5. The second-order valence-corrected chi connectivity index (χ2v) is 8.02. The number of nitrogens with one attached hydrogen (secondary N) is 1. The molecule has 7 heteroatoms. The maximum Gasteiger partial charge on any atom is 0.289 e. The molecule has 2 aromatic heterocycles. The predicted molar refractivity (Wildman–Crippen MR) is 108 cm³/mol. The number of hydrogen-bond donors (Lipinski definition) is 1. The fraction of sp³-hybridized carbons (Fsp3) is 0.333. The van der Waals surface area contributed by atoms with Crippen LogP contribution in [0.4, 0.5) is 0 Å². The summed E-state index contributed by atoms with van der Waals surface area (Å²) in [5, 5.41) is 1.65. The molecule has 1 aromatic carbocycles. The Kier molecular flexibility index (Phi) is 4.67. The Balaban J connectivity index is 1.49. The lowest BCUT2D eigenvalue weighted by atomic mass is 9.82. The van der Waals surface area contributed by atoms with Gasteiger partial charge in [0.1, 0.15) is 0 Å². The minimum atomic E-state index is -0.695. The summed E-state index contributed by atoms with van der Waals surface area (Å²) in [6, 6.07) is 9.00. The zero-order valence-electron chi connectivity index (χ0n) is 15.9. The largest absolute Gasteiger partial charge is 0.459 e. The quantitative estimate of drug-likeness (QED) is 0.730. The molecule has 0 unspecified atom stereocenters. The number of carbonyl (C=O) groups is 2. The number of furan rings is 1. The smallest absolute Gasteiger partial charge is 0.289 e.